The Kier molecular flexibility index (Phi) is 5.41. The van der Waals surface area contributed by atoms with E-state index >= 15 is 0 Å². The van der Waals surface area contributed by atoms with Gasteiger partial charge in [-0.25, -0.2) is 0 Å². The lowest BCUT2D eigenvalue weighted by molar-refractivity contribution is -0.126. The molecule has 1 amide bonds. The molecule has 1 aliphatic carbocycles. The largest absolute Gasteiger partial charge is 0.380 e. The lowest BCUT2D eigenvalue weighted by Gasteiger charge is -2.35. The lowest BCUT2D eigenvalue weighted by Crippen LogP contribution is -2.58. The maximum absolute atomic E-state index is 12.0. The summed E-state index contributed by atoms with van der Waals surface area (Å²) in [4.78, 5) is 14.3. The summed E-state index contributed by atoms with van der Waals surface area (Å²) in [7, 11) is 2.16. The van der Waals surface area contributed by atoms with Crippen LogP contribution in [0.15, 0.2) is 0 Å². The van der Waals surface area contributed by atoms with Crippen molar-refractivity contribution in [3.05, 3.63) is 0 Å². The van der Waals surface area contributed by atoms with Crippen molar-refractivity contribution in [2.24, 2.45) is 11.7 Å². The molecule has 0 aromatic rings. The summed E-state index contributed by atoms with van der Waals surface area (Å²) in [6.07, 6.45) is 5.23. The minimum atomic E-state index is -0.470. The molecule has 2 aliphatic rings. The Labute approximate surface area is 122 Å². The third kappa shape index (κ3) is 3.15. The Balaban J connectivity index is 1.91. The van der Waals surface area contributed by atoms with Crippen LogP contribution in [0.2, 0.25) is 0 Å². The van der Waals surface area contributed by atoms with E-state index in [0.717, 1.165) is 58.4 Å². The van der Waals surface area contributed by atoms with Crippen molar-refractivity contribution in [2.45, 2.75) is 50.6 Å². The van der Waals surface area contributed by atoms with E-state index in [1.807, 2.05) is 6.92 Å². The van der Waals surface area contributed by atoms with Crippen molar-refractivity contribution in [1.29, 1.82) is 0 Å². The third-order valence-electron chi connectivity index (χ3n) is 5.11. The number of nitrogens with zero attached hydrogens (tertiary/aromatic N) is 1. The average Bonchev–Trinajstić information content (AvgIpc) is 3.06. The van der Waals surface area contributed by atoms with Crippen LogP contribution in [0.5, 0.6) is 0 Å². The summed E-state index contributed by atoms with van der Waals surface area (Å²) in [6.45, 7) is 5.57. The number of nitrogens with one attached hydrogen (secondary N) is 1. The molecule has 20 heavy (non-hydrogen) atoms. The topological polar surface area (TPSA) is 67.6 Å². The maximum atomic E-state index is 12.0. The highest BCUT2D eigenvalue weighted by Crippen LogP contribution is 2.38. The summed E-state index contributed by atoms with van der Waals surface area (Å²) in [6, 6.07) is 0.540. The van der Waals surface area contributed by atoms with E-state index in [2.05, 4.69) is 17.3 Å². The van der Waals surface area contributed by atoms with Gasteiger partial charge >= 0.3 is 0 Å². The second-order valence-electron chi connectivity index (χ2n) is 6.24. The second-order valence-corrected chi connectivity index (χ2v) is 6.24. The van der Waals surface area contributed by atoms with E-state index in [9.17, 15) is 4.79 Å². The summed E-state index contributed by atoms with van der Waals surface area (Å²) >= 11 is 0. The molecule has 5 nitrogen and oxygen atoms in total. The molecule has 1 saturated heterocycles. The SMILES string of the molecule is CCNC1(C(N)=O)CCCC1CCN(C)C1CCOC1. The smallest absolute Gasteiger partial charge is 0.238 e. The molecule has 5 heteroatoms. The van der Waals surface area contributed by atoms with Gasteiger partial charge in [-0.05, 0) is 51.7 Å². The van der Waals surface area contributed by atoms with E-state index in [1.54, 1.807) is 0 Å². The van der Waals surface area contributed by atoms with Crippen LogP contribution >= 0.6 is 0 Å². The van der Waals surface area contributed by atoms with Crippen molar-refractivity contribution in [2.75, 3.05) is 33.4 Å². The normalized spacial score (nSPS) is 34.0. The molecule has 0 aromatic carbocycles. The number of amides is 1. The van der Waals surface area contributed by atoms with E-state index < -0.39 is 5.54 Å². The number of carbonyl (C=O) groups excluding carboxylic acids is 1. The maximum Gasteiger partial charge on any atom is 0.238 e. The highest BCUT2D eigenvalue weighted by Gasteiger charge is 2.46. The highest BCUT2D eigenvalue weighted by atomic mass is 16.5. The molecule has 0 spiro atoms. The predicted octanol–water partition coefficient (Wildman–Crippen LogP) is 0.731. The standard InChI is InChI=1S/C15H29N3O2/c1-3-17-15(14(16)19)8-4-5-12(15)6-9-18(2)13-7-10-20-11-13/h12-13,17H,3-11H2,1-2H3,(H2,16,19). The fourth-order valence-electron chi connectivity index (χ4n) is 3.84. The van der Waals surface area contributed by atoms with Crippen LogP contribution in [0.25, 0.3) is 0 Å². The number of hydrogen-bond donors (Lipinski definition) is 2. The fourth-order valence-corrected chi connectivity index (χ4v) is 3.84. The quantitative estimate of drug-likeness (QED) is 0.723. The number of hydrogen-bond acceptors (Lipinski definition) is 4. The van der Waals surface area contributed by atoms with Crippen LogP contribution in [0.1, 0.15) is 39.0 Å². The van der Waals surface area contributed by atoms with Gasteiger partial charge in [-0.15, -0.1) is 0 Å². The van der Waals surface area contributed by atoms with Crippen LogP contribution in [-0.4, -0.2) is 55.7 Å². The number of ether oxygens (including phenoxy) is 1. The number of primary amides is 1. The number of likely N-dealkylation sites (N-methyl/N-ethyl adjacent to an activating group) is 2. The first kappa shape index (κ1) is 15.7. The van der Waals surface area contributed by atoms with E-state index in [-0.39, 0.29) is 5.91 Å². The summed E-state index contributed by atoms with van der Waals surface area (Å²) in [5, 5.41) is 3.38. The fraction of sp³-hybridized carbons (Fsp3) is 0.933. The molecule has 2 fully saturated rings. The average molecular weight is 283 g/mol. The minimum Gasteiger partial charge on any atom is -0.380 e. The Morgan fingerprint density at radius 2 is 2.30 bits per heavy atom. The van der Waals surface area contributed by atoms with E-state index in [0.29, 0.717) is 12.0 Å². The van der Waals surface area contributed by atoms with E-state index in [4.69, 9.17) is 10.5 Å². The summed E-state index contributed by atoms with van der Waals surface area (Å²) in [5.74, 6) is 0.193. The third-order valence-corrected chi connectivity index (χ3v) is 5.11. The number of nitrogens with two attached hydrogens (primary N) is 1. The highest BCUT2D eigenvalue weighted by molar-refractivity contribution is 5.85. The zero-order valence-corrected chi connectivity index (χ0v) is 12.9. The van der Waals surface area contributed by atoms with Crippen LogP contribution in [-0.2, 0) is 9.53 Å². The molecule has 1 saturated carbocycles. The first-order valence-corrected chi connectivity index (χ1v) is 7.93. The van der Waals surface area contributed by atoms with Gasteiger partial charge in [-0.2, -0.15) is 0 Å². The molecule has 3 N–H and O–H groups in total. The van der Waals surface area contributed by atoms with Gasteiger partial charge in [-0.3, -0.25) is 4.79 Å². The van der Waals surface area contributed by atoms with Gasteiger partial charge in [0.2, 0.25) is 5.91 Å². The van der Waals surface area contributed by atoms with Gasteiger partial charge in [-0.1, -0.05) is 13.3 Å². The Morgan fingerprint density at radius 3 is 2.90 bits per heavy atom. The van der Waals surface area contributed by atoms with Crippen molar-refractivity contribution < 1.29 is 9.53 Å². The van der Waals surface area contributed by atoms with Crippen LogP contribution in [0, 0.1) is 5.92 Å². The van der Waals surface area contributed by atoms with Crippen LogP contribution in [0.3, 0.4) is 0 Å². The molecule has 1 aliphatic heterocycles. The molecule has 116 valence electrons. The van der Waals surface area contributed by atoms with Crippen molar-refractivity contribution in [3.8, 4) is 0 Å². The molecular weight excluding hydrogens is 254 g/mol. The molecule has 0 bridgehead atoms. The minimum absolute atomic E-state index is 0.172. The van der Waals surface area contributed by atoms with Crippen LogP contribution < -0.4 is 11.1 Å². The monoisotopic (exact) mass is 283 g/mol. The number of rotatable bonds is 7. The molecular formula is C15H29N3O2. The van der Waals surface area contributed by atoms with Crippen molar-refractivity contribution in [1.82, 2.24) is 10.2 Å². The van der Waals surface area contributed by atoms with Gasteiger partial charge in [0.05, 0.1) is 6.61 Å². The van der Waals surface area contributed by atoms with Gasteiger partial charge in [0, 0.05) is 12.6 Å². The van der Waals surface area contributed by atoms with E-state index in [1.165, 1.54) is 0 Å². The first-order valence-electron chi connectivity index (χ1n) is 7.93. The molecule has 2 rings (SSSR count). The summed E-state index contributed by atoms with van der Waals surface area (Å²) < 4.78 is 5.44. The first-order chi connectivity index (χ1) is 9.60. The molecule has 3 atom stereocenters. The predicted molar refractivity (Wildman–Crippen MR) is 79.4 cm³/mol. The van der Waals surface area contributed by atoms with Crippen molar-refractivity contribution >= 4 is 5.91 Å². The number of carbonyl (C=O) groups is 1. The van der Waals surface area contributed by atoms with Gasteiger partial charge in [0.25, 0.3) is 0 Å². The zero-order valence-electron chi connectivity index (χ0n) is 12.9. The van der Waals surface area contributed by atoms with Gasteiger partial charge < -0.3 is 20.7 Å². The Morgan fingerprint density at radius 1 is 1.50 bits per heavy atom. The Hall–Kier alpha value is -0.650. The second kappa shape index (κ2) is 6.87. The lowest BCUT2D eigenvalue weighted by atomic mass is 9.83. The molecule has 3 unspecified atom stereocenters. The zero-order chi connectivity index (χ0) is 14.6. The molecule has 0 radical (unpaired) electrons. The summed E-state index contributed by atoms with van der Waals surface area (Å²) in [5.41, 5.74) is 5.23. The molecule has 1 heterocycles. The van der Waals surface area contributed by atoms with Crippen LogP contribution in [0.4, 0.5) is 0 Å². The molecule has 0 aromatic heterocycles. The van der Waals surface area contributed by atoms with Gasteiger partial charge in [0.1, 0.15) is 5.54 Å². The van der Waals surface area contributed by atoms with Gasteiger partial charge in [0.15, 0.2) is 0 Å². The Bertz CT molecular complexity index is 331. The van der Waals surface area contributed by atoms with Crippen molar-refractivity contribution in [3.63, 3.8) is 0 Å².